The maximum Gasteiger partial charge on any atom is -0.0328 e. The molecule has 0 unspecified atom stereocenters. The van der Waals surface area contributed by atoms with Gasteiger partial charge in [0.25, 0.3) is 0 Å². The summed E-state index contributed by atoms with van der Waals surface area (Å²) in [6.07, 6.45) is 0. The Balaban J connectivity index is -0.000000174. The first-order valence-electron chi connectivity index (χ1n) is 5.53. The van der Waals surface area contributed by atoms with Crippen LogP contribution in [-0.4, -0.2) is 0 Å². The second-order valence-corrected chi connectivity index (χ2v) is 1.82. The molecule has 0 spiro atoms. The molecule has 0 heteroatoms. The molecule has 0 bridgehead atoms. The van der Waals surface area contributed by atoms with Gasteiger partial charge in [0.15, 0.2) is 0 Å². The van der Waals surface area contributed by atoms with E-state index in [1.54, 1.807) is 0 Å². The van der Waals surface area contributed by atoms with Gasteiger partial charge in [0, 0.05) is 0 Å². The van der Waals surface area contributed by atoms with Crippen molar-refractivity contribution in [1.82, 2.24) is 0 Å². The van der Waals surface area contributed by atoms with Crippen LogP contribution < -0.4 is 10.4 Å². The summed E-state index contributed by atoms with van der Waals surface area (Å²) in [6, 6.07) is 7.79. The van der Waals surface area contributed by atoms with Crippen molar-refractivity contribution >= 4 is 13.2 Å². The van der Waals surface area contributed by atoms with Crippen LogP contribution in [-0.2, 0) is 0 Å². The summed E-state index contributed by atoms with van der Waals surface area (Å²) in [7, 11) is 0. The maximum atomic E-state index is 3.73. The summed E-state index contributed by atoms with van der Waals surface area (Å²) in [4.78, 5) is 0. The summed E-state index contributed by atoms with van der Waals surface area (Å²) in [5.74, 6) is 0. The molecule has 0 nitrogen and oxygen atoms in total. The average Bonchev–Trinajstić information content (AvgIpc) is 2.31. The molecule has 0 atom stereocenters. The van der Waals surface area contributed by atoms with E-state index in [0.29, 0.717) is 0 Å². The topological polar surface area (TPSA) is 0 Å². The first kappa shape index (κ1) is 18.7. The van der Waals surface area contributed by atoms with Crippen molar-refractivity contribution in [3.63, 3.8) is 0 Å². The van der Waals surface area contributed by atoms with Crippen molar-refractivity contribution in [1.29, 1.82) is 0 Å². The number of benzene rings is 1. The lowest BCUT2D eigenvalue weighted by Crippen LogP contribution is -2.02. The highest BCUT2D eigenvalue weighted by Crippen LogP contribution is 1.62. The van der Waals surface area contributed by atoms with Crippen molar-refractivity contribution in [3.05, 3.63) is 34.7 Å². The van der Waals surface area contributed by atoms with Gasteiger partial charge >= 0.3 is 0 Å². The fraction of sp³-hybridized carbons (Fsp3) is 0.429. The van der Waals surface area contributed by atoms with Crippen molar-refractivity contribution in [2.45, 2.75) is 41.5 Å². The molecule has 0 aliphatic rings. The van der Waals surface area contributed by atoms with E-state index in [9.17, 15) is 0 Å². The smallest absolute Gasteiger partial charge is 0.0328 e. The third kappa shape index (κ3) is 13.5. The SMILES string of the molecule is C=c1ccc(=C)cc1.CC.CC.CC. The van der Waals surface area contributed by atoms with Crippen LogP contribution in [0.25, 0.3) is 13.2 Å². The number of hydrogen-bond donors (Lipinski definition) is 0. The molecule has 0 aliphatic carbocycles. The van der Waals surface area contributed by atoms with Crippen LogP contribution >= 0.6 is 0 Å². The van der Waals surface area contributed by atoms with E-state index in [2.05, 4.69) is 13.2 Å². The molecule has 0 aromatic heterocycles. The van der Waals surface area contributed by atoms with Gasteiger partial charge in [0.05, 0.1) is 0 Å². The van der Waals surface area contributed by atoms with Gasteiger partial charge in [-0.15, -0.1) is 0 Å². The molecule has 82 valence electrons. The molecule has 0 heterocycles. The lowest BCUT2D eigenvalue weighted by molar-refractivity contribution is 1.50. The predicted octanol–water partition coefficient (Wildman–Crippen LogP) is 3.59. The van der Waals surface area contributed by atoms with Gasteiger partial charge in [-0.25, -0.2) is 0 Å². The van der Waals surface area contributed by atoms with Crippen LogP contribution in [0.3, 0.4) is 0 Å². The summed E-state index contributed by atoms with van der Waals surface area (Å²) in [5.41, 5.74) is 0. The molecular weight excluding hydrogens is 168 g/mol. The second-order valence-electron chi connectivity index (χ2n) is 1.82. The highest BCUT2D eigenvalue weighted by molar-refractivity contribution is 5.13. The van der Waals surface area contributed by atoms with Crippen LogP contribution in [0, 0.1) is 0 Å². The van der Waals surface area contributed by atoms with E-state index in [-0.39, 0.29) is 0 Å². The van der Waals surface area contributed by atoms with Crippen LogP contribution in [0.2, 0.25) is 0 Å². The normalized spacial score (nSPS) is 6.43. The first-order chi connectivity index (χ1) is 6.79. The molecule has 0 amide bonds. The fourth-order valence-electron chi connectivity index (χ4n) is 0.539. The van der Waals surface area contributed by atoms with Gasteiger partial charge < -0.3 is 0 Å². The molecular formula is C14H26. The molecule has 0 saturated heterocycles. The summed E-state index contributed by atoms with van der Waals surface area (Å²) in [6.45, 7) is 19.5. The fourth-order valence-corrected chi connectivity index (χ4v) is 0.539. The molecule has 14 heavy (non-hydrogen) atoms. The van der Waals surface area contributed by atoms with Gasteiger partial charge in [-0.1, -0.05) is 79.0 Å². The Labute approximate surface area is 90.0 Å². The summed E-state index contributed by atoms with van der Waals surface area (Å²) < 4.78 is 0. The predicted molar refractivity (Wildman–Crippen MR) is 70.8 cm³/mol. The highest BCUT2D eigenvalue weighted by atomic mass is 13.8. The number of hydrogen-bond acceptors (Lipinski definition) is 0. The quantitative estimate of drug-likeness (QED) is 0.592. The van der Waals surface area contributed by atoms with Gasteiger partial charge in [-0.2, -0.15) is 0 Å². The maximum absolute atomic E-state index is 3.73. The second kappa shape index (κ2) is 17.9. The van der Waals surface area contributed by atoms with E-state index in [0.717, 1.165) is 10.4 Å². The minimum Gasteiger partial charge on any atom is -0.0918 e. The van der Waals surface area contributed by atoms with Crippen molar-refractivity contribution < 1.29 is 0 Å². The average molecular weight is 194 g/mol. The van der Waals surface area contributed by atoms with Gasteiger partial charge in [-0.3, -0.25) is 0 Å². The molecule has 0 saturated carbocycles. The van der Waals surface area contributed by atoms with E-state index in [4.69, 9.17) is 0 Å². The highest BCUT2D eigenvalue weighted by Gasteiger charge is 1.69. The van der Waals surface area contributed by atoms with E-state index in [1.165, 1.54) is 0 Å². The minimum absolute atomic E-state index is 1.04. The zero-order valence-electron chi connectivity index (χ0n) is 10.7. The van der Waals surface area contributed by atoms with Gasteiger partial charge in [-0.05, 0) is 10.4 Å². The Morgan fingerprint density at radius 3 is 0.857 bits per heavy atom. The molecule has 0 N–H and O–H groups in total. The van der Waals surface area contributed by atoms with Crippen molar-refractivity contribution in [2.24, 2.45) is 0 Å². The Kier molecular flexibility index (Phi) is 23.9. The zero-order chi connectivity index (χ0) is 12.0. The summed E-state index contributed by atoms with van der Waals surface area (Å²) >= 11 is 0. The van der Waals surface area contributed by atoms with Crippen LogP contribution in [0.15, 0.2) is 24.3 Å². The van der Waals surface area contributed by atoms with E-state index >= 15 is 0 Å². The lowest BCUT2D eigenvalue weighted by atomic mass is 10.3. The molecule has 1 aromatic rings. The lowest BCUT2D eigenvalue weighted by Gasteiger charge is -1.78. The largest absolute Gasteiger partial charge is 0.0918 e. The molecule has 0 fully saturated rings. The van der Waals surface area contributed by atoms with Crippen LogP contribution in [0.4, 0.5) is 0 Å². The number of rotatable bonds is 0. The minimum atomic E-state index is 1.04. The van der Waals surface area contributed by atoms with E-state index in [1.807, 2.05) is 65.8 Å². The monoisotopic (exact) mass is 194 g/mol. The molecule has 0 aliphatic heterocycles. The van der Waals surface area contributed by atoms with Crippen molar-refractivity contribution in [2.75, 3.05) is 0 Å². The zero-order valence-corrected chi connectivity index (χ0v) is 10.7. The standard InChI is InChI=1S/C8H8.3C2H6/c1-7-3-5-8(2)6-4-7;3*1-2/h3-6H,1-2H2;3*1-2H3. The summed E-state index contributed by atoms with van der Waals surface area (Å²) in [5, 5.41) is 2.08. The molecule has 0 radical (unpaired) electrons. The van der Waals surface area contributed by atoms with Crippen LogP contribution in [0.5, 0.6) is 0 Å². The Morgan fingerprint density at radius 2 is 0.714 bits per heavy atom. The van der Waals surface area contributed by atoms with Crippen LogP contribution in [0.1, 0.15) is 41.5 Å². The Hall–Kier alpha value is -1.04. The Bertz CT molecular complexity index is 207. The first-order valence-corrected chi connectivity index (χ1v) is 5.53. The third-order valence-corrected chi connectivity index (χ3v) is 1.02. The van der Waals surface area contributed by atoms with Gasteiger partial charge in [0.1, 0.15) is 0 Å². The van der Waals surface area contributed by atoms with E-state index < -0.39 is 0 Å². The Morgan fingerprint density at radius 1 is 0.571 bits per heavy atom. The molecule has 1 rings (SSSR count). The van der Waals surface area contributed by atoms with Crippen molar-refractivity contribution in [3.8, 4) is 0 Å². The molecule has 1 aromatic carbocycles. The van der Waals surface area contributed by atoms with Gasteiger partial charge in [0.2, 0.25) is 0 Å². The third-order valence-electron chi connectivity index (χ3n) is 1.02.